The zero-order valence-corrected chi connectivity index (χ0v) is 18.4. The molecule has 4 aromatic rings. The van der Waals surface area contributed by atoms with Crippen molar-refractivity contribution < 1.29 is 14.4 Å². The number of hydrogen-bond acceptors (Lipinski definition) is 6. The number of carboxylic acid groups (broad SMARTS) is 1. The van der Waals surface area contributed by atoms with Crippen LogP contribution in [-0.4, -0.2) is 49.0 Å². The third-order valence-corrected chi connectivity index (χ3v) is 6.09. The van der Waals surface area contributed by atoms with Gasteiger partial charge in [0.1, 0.15) is 0 Å². The van der Waals surface area contributed by atoms with Crippen molar-refractivity contribution in [2.24, 2.45) is 0 Å². The molecule has 1 N–H and O–H groups in total. The lowest BCUT2D eigenvalue weighted by atomic mass is 9.91. The van der Waals surface area contributed by atoms with E-state index in [9.17, 15) is 4.79 Å². The smallest absolute Gasteiger partial charge is 0.317 e. The van der Waals surface area contributed by atoms with Gasteiger partial charge in [-0.1, -0.05) is 17.3 Å². The van der Waals surface area contributed by atoms with Gasteiger partial charge in [0, 0.05) is 41.8 Å². The van der Waals surface area contributed by atoms with E-state index in [4.69, 9.17) is 9.63 Å². The van der Waals surface area contributed by atoms with E-state index in [1.165, 1.54) is 5.56 Å². The van der Waals surface area contributed by atoms with E-state index >= 15 is 0 Å². The lowest BCUT2D eigenvalue weighted by Crippen LogP contribution is -2.35. The van der Waals surface area contributed by atoms with Gasteiger partial charge in [-0.25, -0.2) is 0 Å². The summed E-state index contributed by atoms with van der Waals surface area (Å²) in [6, 6.07) is 10.3. The molecule has 0 bridgehead atoms. The second-order valence-electron chi connectivity index (χ2n) is 8.63. The summed E-state index contributed by atoms with van der Waals surface area (Å²) in [6.07, 6.45) is 2.84. The molecule has 8 nitrogen and oxygen atoms in total. The molecule has 32 heavy (non-hydrogen) atoms. The minimum atomic E-state index is -0.796. The number of fused-ring (bicyclic) bond motifs is 2. The van der Waals surface area contributed by atoms with Gasteiger partial charge in [-0.2, -0.15) is 10.1 Å². The van der Waals surface area contributed by atoms with Crippen LogP contribution < -0.4 is 0 Å². The number of carboxylic acids is 1. The van der Waals surface area contributed by atoms with Crippen LogP contribution in [-0.2, 0) is 17.8 Å². The topological polar surface area (TPSA) is 97.3 Å². The molecule has 0 atom stereocenters. The SMILES string of the molecule is Cc1c(-c2noc(-c3ccc4nn(C(C)C)cc4c3)n2)ccc2c1CCN(CC(=O)O)C2. The Morgan fingerprint density at radius 1 is 1.25 bits per heavy atom. The molecule has 2 aromatic heterocycles. The maximum absolute atomic E-state index is 11.0. The molecule has 0 unspecified atom stereocenters. The molecular formula is C24H25N5O3. The van der Waals surface area contributed by atoms with Gasteiger partial charge in [-0.3, -0.25) is 14.4 Å². The number of aliphatic carboxylic acids is 1. The molecule has 8 heteroatoms. The van der Waals surface area contributed by atoms with E-state index < -0.39 is 5.97 Å². The first-order valence-corrected chi connectivity index (χ1v) is 10.8. The summed E-state index contributed by atoms with van der Waals surface area (Å²) in [5.74, 6) is 0.242. The van der Waals surface area contributed by atoms with Crippen molar-refractivity contribution >= 4 is 16.9 Å². The number of benzene rings is 2. The number of carbonyl (C=O) groups is 1. The molecule has 0 amide bonds. The van der Waals surface area contributed by atoms with Gasteiger partial charge < -0.3 is 9.63 Å². The van der Waals surface area contributed by atoms with Crippen molar-refractivity contribution in [2.45, 2.75) is 39.8 Å². The third-order valence-electron chi connectivity index (χ3n) is 6.09. The minimum absolute atomic E-state index is 0.0643. The normalized spacial score (nSPS) is 14.2. The number of aromatic nitrogens is 4. The molecule has 0 saturated carbocycles. The average Bonchev–Trinajstić information content (AvgIpc) is 3.40. The number of hydrogen-bond donors (Lipinski definition) is 1. The predicted molar refractivity (Wildman–Crippen MR) is 120 cm³/mol. The molecule has 0 aliphatic carbocycles. The third kappa shape index (κ3) is 3.67. The van der Waals surface area contributed by atoms with Gasteiger partial charge in [0.25, 0.3) is 5.89 Å². The summed E-state index contributed by atoms with van der Waals surface area (Å²) >= 11 is 0. The second kappa shape index (κ2) is 7.87. The van der Waals surface area contributed by atoms with Crippen LogP contribution in [0.3, 0.4) is 0 Å². The van der Waals surface area contributed by atoms with Crippen LogP contribution in [0, 0.1) is 6.92 Å². The predicted octanol–water partition coefficient (Wildman–Crippen LogP) is 4.09. The standard InChI is InChI=1S/C24H25N5O3/c1-14(2)29-12-18-10-16(5-7-21(18)26-29)24-25-23(27-32-24)20-6-4-17-11-28(13-22(30)31)9-8-19(17)15(20)3/h4-7,10,12,14H,8-9,11,13H2,1-3H3,(H,30,31). The van der Waals surface area contributed by atoms with E-state index in [1.54, 1.807) is 0 Å². The first kappa shape index (κ1) is 20.4. The lowest BCUT2D eigenvalue weighted by Gasteiger charge is -2.28. The molecule has 3 heterocycles. The van der Waals surface area contributed by atoms with Gasteiger partial charge in [0.05, 0.1) is 12.1 Å². The van der Waals surface area contributed by atoms with Crippen LogP contribution in [0.15, 0.2) is 41.1 Å². The van der Waals surface area contributed by atoms with Gasteiger partial charge in [0.15, 0.2) is 0 Å². The Bertz CT molecular complexity index is 1320. The summed E-state index contributed by atoms with van der Waals surface area (Å²) in [4.78, 5) is 17.7. The fourth-order valence-corrected chi connectivity index (χ4v) is 4.36. The molecule has 0 radical (unpaired) electrons. The van der Waals surface area contributed by atoms with Crippen molar-refractivity contribution in [3.63, 3.8) is 0 Å². The van der Waals surface area contributed by atoms with E-state index in [1.807, 2.05) is 46.1 Å². The van der Waals surface area contributed by atoms with Crippen LogP contribution in [0.2, 0.25) is 0 Å². The number of nitrogens with zero attached hydrogens (tertiary/aromatic N) is 5. The summed E-state index contributed by atoms with van der Waals surface area (Å²) in [5, 5.41) is 18.9. The zero-order valence-electron chi connectivity index (χ0n) is 18.4. The molecule has 0 fully saturated rings. The van der Waals surface area contributed by atoms with E-state index in [-0.39, 0.29) is 6.54 Å². The van der Waals surface area contributed by atoms with Crippen LogP contribution in [0.1, 0.15) is 36.6 Å². The monoisotopic (exact) mass is 431 g/mol. The Balaban J connectivity index is 1.44. The quantitative estimate of drug-likeness (QED) is 0.508. The molecule has 164 valence electrons. The largest absolute Gasteiger partial charge is 0.480 e. The van der Waals surface area contributed by atoms with Crippen LogP contribution >= 0.6 is 0 Å². The van der Waals surface area contributed by atoms with E-state index in [0.29, 0.717) is 24.3 Å². The average molecular weight is 431 g/mol. The summed E-state index contributed by atoms with van der Waals surface area (Å²) < 4.78 is 7.55. The first-order chi connectivity index (χ1) is 15.4. The Hall–Kier alpha value is -3.52. The van der Waals surface area contributed by atoms with E-state index in [0.717, 1.165) is 46.1 Å². The summed E-state index contributed by atoms with van der Waals surface area (Å²) in [7, 11) is 0. The van der Waals surface area contributed by atoms with Crippen LogP contribution in [0.4, 0.5) is 0 Å². The van der Waals surface area contributed by atoms with Crippen molar-refractivity contribution in [2.75, 3.05) is 13.1 Å². The highest BCUT2D eigenvalue weighted by atomic mass is 16.5. The molecular weight excluding hydrogens is 406 g/mol. The molecule has 5 rings (SSSR count). The van der Waals surface area contributed by atoms with Crippen molar-refractivity contribution in [3.8, 4) is 22.8 Å². The van der Waals surface area contributed by atoms with Gasteiger partial charge in [0.2, 0.25) is 5.82 Å². The van der Waals surface area contributed by atoms with Crippen LogP contribution in [0.25, 0.3) is 33.7 Å². The second-order valence-corrected chi connectivity index (χ2v) is 8.63. The first-order valence-electron chi connectivity index (χ1n) is 10.8. The summed E-state index contributed by atoms with van der Waals surface area (Å²) in [6.45, 7) is 7.71. The minimum Gasteiger partial charge on any atom is -0.480 e. The van der Waals surface area contributed by atoms with Crippen molar-refractivity contribution in [1.82, 2.24) is 24.8 Å². The highest BCUT2D eigenvalue weighted by Gasteiger charge is 2.22. The van der Waals surface area contributed by atoms with Gasteiger partial charge in [-0.05, 0) is 62.1 Å². The molecule has 0 spiro atoms. The Morgan fingerprint density at radius 3 is 2.88 bits per heavy atom. The molecule has 0 saturated heterocycles. The Labute approximate surface area is 185 Å². The van der Waals surface area contributed by atoms with Crippen LogP contribution in [0.5, 0.6) is 0 Å². The lowest BCUT2D eigenvalue weighted by molar-refractivity contribution is -0.138. The molecule has 1 aliphatic rings. The molecule has 1 aliphatic heterocycles. The Morgan fingerprint density at radius 2 is 2.09 bits per heavy atom. The summed E-state index contributed by atoms with van der Waals surface area (Å²) in [5.41, 5.74) is 6.27. The van der Waals surface area contributed by atoms with Crippen molar-refractivity contribution in [3.05, 3.63) is 53.2 Å². The number of rotatable bonds is 5. The van der Waals surface area contributed by atoms with Gasteiger partial charge in [-0.15, -0.1) is 0 Å². The Kier molecular flexibility index (Phi) is 5.01. The fraction of sp³-hybridized carbons (Fsp3) is 0.333. The van der Waals surface area contributed by atoms with Gasteiger partial charge >= 0.3 is 5.97 Å². The zero-order chi connectivity index (χ0) is 22.4. The maximum Gasteiger partial charge on any atom is 0.317 e. The molecule has 2 aromatic carbocycles. The van der Waals surface area contributed by atoms with E-state index in [2.05, 4.69) is 36.0 Å². The maximum atomic E-state index is 11.0. The van der Waals surface area contributed by atoms with Crippen molar-refractivity contribution in [1.29, 1.82) is 0 Å². The highest BCUT2D eigenvalue weighted by Crippen LogP contribution is 2.31. The highest BCUT2D eigenvalue weighted by molar-refractivity contribution is 5.83. The fourth-order valence-electron chi connectivity index (χ4n) is 4.36.